The number of pyridine rings is 1. The van der Waals surface area contributed by atoms with Gasteiger partial charge in [0.25, 0.3) is 5.56 Å². The summed E-state index contributed by atoms with van der Waals surface area (Å²) in [6.07, 6.45) is 3.27. The number of fused-ring (bicyclic) bond motifs is 1. The van der Waals surface area contributed by atoms with E-state index in [1.807, 2.05) is 25.1 Å². The topological polar surface area (TPSA) is 82.7 Å². The van der Waals surface area contributed by atoms with Crippen LogP contribution < -0.4 is 11.3 Å². The summed E-state index contributed by atoms with van der Waals surface area (Å²) in [5.74, 6) is 0. The molecule has 0 unspecified atom stereocenters. The molecule has 0 saturated heterocycles. The molecule has 18 heavy (non-hydrogen) atoms. The number of aromatic nitrogens is 1. The molecule has 0 saturated carbocycles. The average Bonchev–Trinajstić information content (AvgIpc) is 2.39. The second kappa shape index (κ2) is 4.87. The summed E-state index contributed by atoms with van der Waals surface area (Å²) in [5, 5.41) is 8.78. The fourth-order valence-electron chi connectivity index (χ4n) is 2.02. The summed E-state index contributed by atoms with van der Waals surface area (Å²) >= 11 is 0. The first-order valence-corrected chi connectivity index (χ1v) is 5.79. The maximum atomic E-state index is 12.1. The molecular formula is C14H15N3O. The van der Waals surface area contributed by atoms with Gasteiger partial charge < -0.3 is 16.1 Å². The number of nitrogens with two attached hydrogens (primary N) is 1. The molecule has 4 heteroatoms. The number of hydrogen-bond donors (Lipinski definition) is 3. The van der Waals surface area contributed by atoms with Crippen molar-refractivity contribution < 1.29 is 0 Å². The van der Waals surface area contributed by atoms with Crippen molar-refractivity contribution >= 4 is 22.6 Å². The quantitative estimate of drug-likeness (QED) is 0.718. The van der Waals surface area contributed by atoms with Gasteiger partial charge in [-0.25, -0.2) is 0 Å². The largest absolute Gasteiger partial charge is 0.404 e. The zero-order valence-corrected chi connectivity index (χ0v) is 10.2. The Hall–Kier alpha value is -2.36. The molecule has 0 spiro atoms. The third kappa shape index (κ3) is 1.93. The molecule has 1 heterocycles. The van der Waals surface area contributed by atoms with E-state index in [-0.39, 0.29) is 5.56 Å². The predicted octanol–water partition coefficient (Wildman–Crippen LogP) is 2.04. The predicted molar refractivity (Wildman–Crippen MR) is 74.9 cm³/mol. The van der Waals surface area contributed by atoms with Crippen LogP contribution in [0.1, 0.15) is 18.2 Å². The number of rotatable bonds is 3. The van der Waals surface area contributed by atoms with Gasteiger partial charge in [-0.15, -0.1) is 0 Å². The van der Waals surface area contributed by atoms with E-state index in [1.54, 1.807) is 6.07 Å². The highest BCUT2D eigenvalue weighted by Gasteiger charge is 2.08. The van der Waals surface area contributed by atoms with Gasteiger partial charge in [-0.3, -0.25) is 4.79 Å². The van der Waals surface area contributed by atoms with E-state index in [0.717, 1.165) is 23.7 Å². The van der Waals surface area contributed by atoms with E-state index in [9.17, 15) is 4.79 Å². The fourth-order valence-corrected chi connectivity index (χ4v) is 2.02. The highest BCUT2D eigenvalue weighted by atomic mass is 16.1. The van der Waals surface area contributed by atoms with Crippen LogP contribution >= 0.6 is 0 Å². The fraction of sp³-hybridized carbons (Fsp3) is 0.143. The van der Waals surface area contributed by atoms with Gasteiger partial charge in [-0.2, -0.15) is 0 Å². The Morgan fingerprint density at radius 2 is 2.28 bits per heavy atom. The minimum atomic E-state index is -0.138. The number of H-pyrrole nitrogens is 1. The van der Waals surface area contributed by atoms with Crippen LogP contribution in [0.25, 0.3) is 16.3 Å². The Morgan fingerprint density at radius 1 is 1.50 bits per heavy atom. The number of nitrogens with one attached hydrogen (secondary N) is 2. The Kier molecular flexibility index (Phi) is 3.28. The van der Waals surface area contributed by atoms with E-state index < -0.39 is 0 Å². The smallest absolute Gasteiger partial charge is 0.256 e. The number of allylic oxidation sites excluding steroid dienone is 1. The Labute approximate surface area is 105 Å². The van der Waals surface area contributed by atoms with E-state index in [1.165, 1.54) is 6.20 Å². The van der Waals surface area contributed by atoms with E-state index in [2.05, 4.69) is 4.98 Å². The second-order valence-electron chi connectivity index (χ2n) is 4.01. The minimum absolute atomic E-state index is 0.138. The van der Waals surface area contributed by atoms with Crippen molar-refractivity contribution in [2.75, 3.05) is 0 Å². The number of benzene rings is 1. The number of hydrogen-bond acceptors (Lipinski definition) is 3. The van der Waals surface area contributed by atoms with Crippen LogP contribution in [-0.2, 0) is 6.42 Å². The van der Waals surface area contributed by atoms with Gasteiger partial charge in [0.15, 0.2) is 0 Å². The summed E-state index contributed by atoms with van der Waals surface area (Å²) in [6.45, 7) is 1.99. The Balaban J connectivity index is 2.86. The maximum absolute atomic E-state index is 12.1. The molecule has 4 N–H and O–H groups in total. The van der Waals surface area contributed by atoms with Crippen LogP contribution in [0, 0.1) is 5.41 Å². The molecule has 4 nitrogen and oxygen atoms in total. The normalized spacial score (nSPS) is 11.7. The van der Waals surface area contributed by atoms with Crippen LogP contribution in [-0.4, -0.2) is 11.2 Å². The van der Waals surface area contributed by atoms with Crippen molar-refractivity contribution in [2.45, 2.75) is 13.3 Å². The zero-order valence-electron chi connectivity index (χ0n) is 10.2. The van der Waals surface area contributed by atoms with E-state index >= 15 is 0 Å². The molecule has 92 valence electrons. The molecule has 0 aliphatic rings. The summed E-state index contributed by atoms with van der Waals surface area (Å²) in [5.41, 5.74) is 7.48. The molecule has 2 rings (SSSR count). The molecule has 0 bridgehead atoms. The summed E-state index contributed by atoms with van der Waals surface area (Å²) in [7, 11) is 0. The lowest BCUT2D eigenvalue weighted by Gasteiger charge is -2.07. The molecule has 1 aromatic heterocycles. The molecule has 0 atom stereocenters. The van der Waals surface area contributed by atoms with Crippen molar-refractivity contribution in [1.82, 2.24) is 4.98 Å². The molecule has 0 fully saturated rings. The van der Waals surface area contributed by atoms with Gasteiger partial charge in [0.2, 0.25) is 0 Å². The summed E-state index contributed by atoms with van der Waals surface area (Å²) in [4.78, 5) is 15.0. The first-order chi connectivity index (χ1) is 8.71. The number of aromatic amines is 1. The Bertz CT molecular complexity index is 683. The molecule has 0 amide bonds. The maximum Gasteiger partial charge on any atom is 0.256 e. The van der Waals surface area contributed by atoms with Gasteiger partial charge in [0, 0.05) is 23.7 Å². The third-order valence-electron chi connectivity index (χ3n) is 2.95. The molecule has 1 aromatic carbocycles. The molecule has 0 aliphatic heterocycles. The van der Waals surface area contributed by atoms with Crippen LogP contribution in [0.3, 0.4) is 0 Å². The van der Waals surface area contributed by atoms with Crippen LogP contribution in [0.5, 0.6) is 0 Å². The van der Waals surface area contributed by atoms with Crippen LogP contribution in [0.4, 0.5) is 0 Å². The molecule has 0 radical (unpaired) electrons. The molecular weight excluding hydrogens is 226 g/mol. The van der Waals surface area contributed by atoms with Gasteiger partial charge in [0.05, 0.1) is 5.39 Å². The molecule has 0 aliphatic carbocycles. The van der Waals surface area contributed by atoms with Crippen LogP contribution in [0.2, 0.25) is 0 Å². The van der Waals surface area contributed by atoms with Crippen molar-refractivity contribution in [3.05, 3.63) is 52.1 Å². The van der Waals surface area contributed by atoms with E-state index in [4.69, 9.17) is 11.1 Å². The lowest BCUT2D eigenvalue weighted by atomic mass is 10.00. The van der Waals surface area contributed by atoms with Gasteiger partial charge in [-0.1, -0.05) is 25.1 Å². The highest BCUT2D eigenvalue weighted by molar-refractivity contribution is 6.13. The van der Waals surface area contributed by atoms with Gasteiger partial charge in [0.1, 0.15) is 0 Å². The summed E-state index contributed by atoms with van der Waals surface area (Å²) in [6, 6.07) is 7.51. The lowest BCUT2D eigenvalue weighted by Crippen LogP contribution is -2.11. The van der Waals surface area contributed by atoms with Crippen molar-refractivity contribution in [3.63, 3.8) is 0 Å². The van der Waals surface area contributed by atoms with Gasteiger partial charge >= 0.3 is 0 Å². The van der Waals surface area contributed by atoms with Crippen molar-refractivity contribution in [1.29, 1.82) is 5.41 Å². The monoisotopic (exact) mass is 241 g/mol. The molecule has 2 aromatic rings. The van der Waals surface area contributed by atoms with E-state index in [0.29, 0.717) is 16.5 Å². The Morgan fingerprint density at radius 3 is 2.89 bits per heavy atom. The SMILES string of the molecule is CCc1cc2cccc(/C(C=N)=C/N)c2c(=O)[nH]1. The first kappa shape index (κ1) is 12.1. The average molecular weight is 241 g/mol. The summed E-state index contributed by atoms with van der Waals surface area (Å²) < 4.78 is 0. The second-order valence-corrected chi connectivity index (χ2v) is 4.01. The lowest BCUT2D eigenvalue weighted by molar-refractivity contribution is 1.02. The first-order valence-electron chi connectivity index (χ1n) is 5.79. The van der Waals surface area contributed by atoms with Crippen molar-refractivity contribution in [3.8, 4) is 0 Å². The van der Waals surface area contributed by atoms with Gasteiger partial charge in [-0.05, 0) is 23.4 Å². The minimum Gasteiger partial charge on any atom is -0.404 e. The zero-order chi connectivity index (χ0) is 13.1. The number of aryl methyl sites for hydroxylation is 1. The highest BCUT2D eigenvalue weighted by Crippen LogP contribution is 2.21. The third-order valence-corrected chi connectivity index (χ3v) is 2.95. The standard InChI is InChI=1S/C14H15N3O/c1-2-11-6-9-4-3-5-12(10(7-15)8-16)13(9)14(18)17-11/h3-8,15H,2,16H2,1H3,(H,17,18)/b10-8+,15-7?. The van der Waals surface area contributed by atoms with Crippen molar-refractivity contribution in [2.24, 2.45) is 5.73 Å². The van der Waals surface area contributed by atoms with Crippen LogP contribution in [0.15, 0.2) is 35.3 Å².